The van der Waals surface area contributed by atoms with Gasteiger partial charge >= 0.3 is 0 Å². The maximum atomic E-state index is 11.5. The molecule has 0 radical (unpaired) electrons. The summed E-state index contributed by atoms with van der Waals surface area (Å²) in [6.07, 6.45) is 5.09. The molecular formula is C17H22O3. The summed E-state index contributed by atoms with van der Waals surface area (Å²) in [7, 11) is 0. The first-order chi connectivity index (χ1) is 9.66. The van der Waals surface area contributed by atoms with Crippen LogP contribution in [0.3, 0.4) is 0 Å². The summed E-state index contributed by atoms with van der Waals surface area (Å²) in [5.41, 5.74) is 1.30. The van der Waals surface area contributed by atoms with Gasteiger partial charge in [0.2, 0.25) is 0 Å². The lowest BCUT2D eigenvalue weighted by Crippen LogP contribution is -2.33. The number of ketones is 1. The second-order valence-corrected chi connectivity index (χ2v) is 5.53. The lowest BCUT2D eigenvalue weighted by atomic mass is 9.87. The van der Waals surface area contributed by atoms with Gasteiger partial charge in [0.15, 0.2) is 5.78 Å². The van der Waals surface area contributed by atoms with Crippen molar-refractivity contribution in [3.63, 3.8) is 0 Å². The normalized spacial score (nSPS) is 28.3. The quantitative estimate of drug-likeness (QED) is 0.869. The Morgan fingerprint density at radius 3 is 2.55 bits per heavy atom. The molecule has 1 aromatic carbocycles. The Balaban J connectivity index is 2.00. The molecule has 0 spiro atoms. The van der Waals surface area contributed by atoms with E-state index in [4.69, 9.17) is 0 Å². The fourth-order valence-electron chi connectivity index (χ4n) is 2.68. The van der Waals surface area contributed by atoms with Crippen LogP contribution < -0.4 is 0 Å². The number of rotatable bonds is 2. The summed E-state index contributed by atoms with van der Waals surface area (Å²) < 4.78 is 0. The fraction of sp³-hybridized carbons (Fsp3) is 0.471. The summed E-state index contributed by atoms with van der Waals surface area (Å²) in [5, 5.41) is 19.5. The molecule has 1 aliphatic carbocycles. The summed E-state index contributed by atoms with van der Waals surface area (Å²) >= 11 is 0. The van der Waals surface area contributed by atoms with E-state index in [1.165, 1.54) is 11.6 Å². The highest BCUT2D eigenvalue weighted by atomic mass is 16.3. The van der Waals surface area contributed by atoms with Crippen LogP contribution in [0.4, 0.5) is 0 Å². The van der Waals surface area contributed by atoms with E-state index in [2.05, 4.69) is 12.1 Å². The second-order valence-electron chi connectivity index (χ2n) is 5.53. The highest BCUT2D eigenvalue weighted by molar-refractivity contribution is 5.93. The van der Waals surface area contributed by atoms with Crippen LogP contribution >= 0.6 is 0 Å². The topological polar surface area (TPSA) is 57.5 Å². The van der Waals surface area contributed by atoms with Crippen molar-refractivity contribution >= 4 is 5.78 Å². The zero-order chi connectivity index (χ0) is 14.4. The molecule has 20 heavy (non-hydrogen) atoms. The zero-order valence-electron chi connectivity index (χ0n) is 11.6. The average Bonchev–Trinajstić information content (AvgIpc) is 2.47. The standard InChI is InChI=1S/C17H22O3/c18-15-9-5-4-8-14(10-11-16(19)17(15)20)12-13-6-2-1-3-7-13/h1-3,5-7,9,14,16-17,19-20H,4,8,10-12H2. The van der Waals surface area contributed by atoms with Crippen molar-refractivity contribution in [2.45, 2.75) is 44.3 Å². The molecule has 3 unspecified atom stereocenters. The molecule has 3 nitrogen and oxygen atoms in total. The van der Waals surface area contributed by atoms with Gasteiger partial charge < -0.3 is 10.2 Å². The predicted octanol–water partition coefficient (Wildman–Crippen LogP) is 2.27. The van der Waals surface area contributed by atoms with E-state index in [1.54, 1.807) is 0 Å². The highest BCUT2D eigenvalue weighted by Crippen LogP contribution is 2.22. The number of carbonyl (C=O) groups excluding carboxylic acids is 1. The molecule has 3 heteroatoms. The minimum Gasteiger partial charge on any atom is -0.390 e. The third-order valence-corrected chi connectivity index (χ3v) is 3.92. The van der Waals surface area contributed by atoms with Crippen LogP contribution in [-0.2, 0) is 11.2 Å². The van der Waals surface area contributed by atoms with Crippen molar-refractivity contribution in [2.24, 2.45) is 5.92 Å². The minimum atomic E-state index is -1.28. The molecule has 0 amide bonds. The number of aliphatic hydroxyl groups is 2. The van der Waals surface area contributed by atoms with Gasteiger partial charge in [-0.3, -0.25) is 4.79 Å². The maximum Gasteiger partial charge on any atom is 0.186 e. The largest absolute Gasteiger partial charge is 0.390 e. The van der Waals surface area contributed by atoms with Crippen molar-refractivity contribution in [1.82, 2.24) is 0 Å². The molecule has 0 bridgehead atoms. The summed E-state index contributed by atoms with van der Waals surface area (Å²) in [6.45, 7) is 0. The predicted molar refractivity (Wildman–Crippen MR) is 78.3 cm³/mol. The van der Waals surface area contributed by atoms with Gasteiger partial charge in [-0.05, 0) is 49.7 Å². The lowest BCUT2D eigenvalue weighted by Gasteiger charge is -2.21. The van der Waals surface area contributed by atoms with Crippen LogP contribution in [0.5, 0.6) is 0 Å². The van der Waals surface area contributed by atoms with Crippen molar-refractivity contribution in [3.05, 3.63) is 48.0 Å². The number of hydrogen-bond acceptors (Lipinski definition) is 3. The molecular weight excluding hydrogens is 252 g/mol. The minimum absolute atomic E-state index is 0.390. The molecule has 2 N–H and O–H groups in total. The van der Waals surface area contributed by atoms with E-state index >= 15 is 0 Å². The van der Waals surface area contributed by atoms with Gasteiger partial charge in [-0.1, -0.05) is 36.4 Å². The number of hydrogen-bond donors (Lipinski definition) is 2. The smallest absolute Gasteiger partial charge is 0.186 e. The Hall–Kier alpha value is -1.45. The second kappa shape index (κ2) is 7.36. The first kappa shape index (κ1) is 14.9. The van der Waals surface area contributed by atoms with Gasteiger partial charge in [-0.2, -0.15) is 0 Å². The van der Waals surface area contributed by atoms with Gasteiger partial charge in [0, 0.05) is 0 Å². The molecule has 1 aliphatic rings. The molecule has 0 heterocycles. The Labute approximate surface area is 120 Å². The van der Waals surface area contributed by atoms with E-state index in [0.29, 0.717) is 12.3 Å². The first-order valence-electron chi connectivity index (χ1n) is 7.27. The Morgan fingerprint density at radius 2 is 1.80 bits per heavy atom. The summed E-state index contributed by atoms with van der Waals surface area (Å²) in [4.78, 5) is 11.5. The van der Waals surface area contributed by atoms with Crippen molar-refractivity contribution < 1.29 is 15.0 Å². The monoisotopic (exact) mass is 274 g/mol. The van der Waals surface area contributed by atoms with Crippen LogP contribution in [0.25, 0.3) is 0 Å². The molecule has 0 aromatic heterocycles. The van der Waals surface area contributed by atoms with Crippen LogP contribution in [0.1, 0.15) is 31.2 Å². The Kier molecular flexibility index (Phi) is 5.50. The molecule has 0 fully saturated rings. The Morgan fingerprint density at radius 1 is 1.05 bits per heavy atom. The number of benzene rings is 1. The van der Waals surface area contributed by atoms with Gasteiger partial charge in [0.1, 0.15) is 6.10 Å². The van der Waals surface area contributed by atoms with Crippen LogP contribution in [0, 0.1) is 5.92 Å². The van der Waals surface area contributed by atoms with Crippen molar-refractivity contribution in [2.75, 3.05) is 0 Å². The van der Waals surface area contributed by atoms with Gasteiger partial charge in [0.25, 0.3) is 0 Å². The number of aliphatic hydroxyl groups excluding tert-OH is 2. The third kappa shape index (κ3) is 4.29. The number of carbonyl (C=O) groups is 1. The lowest BCUT2D eigenvalue weighted by molar-refractivity contribution is -0.128. The molecule has 0 saturated carbocycles. The average molecular weight is 274 g/mol. The maximum absolute atomic E-state index is 11.5. The SMILES string of the molecule is O=C1C=CCCC(Cc2ccccc2)CCC(O)C1O. The van der Waals surface area contributed by atoms with Crippen LogP contribution in [0.2, 0.25) is 0 Å². The molecule has 2 rings (SSSR count). The number of allylic oxidation sites excluding steroid dienone is 1. The van der Waals surface area contributed by atoms with Crippen LogP contribution in [0.15, 0.2) is 42.5 Å². The fourth-order valence-corrected chi connectivity index (χ4v) is 2.68. The molecule has 1 aromatic rings. The van der Waals surface area contributed by atoms with E-state index in [1.807, 2.05) is 24.3 Å². The van der Waals surface area contributed by atoms with Gasteiger partial charge in [0.05, 0.1) is 6.10 Å². The molecule has 108 valence electrons. The van der Waals surface area contributed by atoms with Gasteiger partial charge in [-0.25, -0.2) is 0 Å². The molecule has 0 saturated heterocycles. The Bertz CT molecular complexity index is 453. The van der Waals surface area contributed by atoms with Crippen LogP contribution in [-0.4, -0.2) is 28.2 Å². The van der Waals surface area contributed by atoms with E-state index < -0.39 is 12.2 Å². The zero-order valence-corrected chi connectivity index (χ0v) is 11.6. The van der Waals surface area contributed by atoms with Gasteiger partial charge in [-0.15, -0.1) is 0 Å². The van der Waals surface area contributed by atoms with E-state index in [0.717, 1.165) is 25.7 Å². The van der Waals surface area contributed by atoms with Crippen molar-refractivity contribution in [1.29, 1.82) is 0 Å². The van der Waals surface area contributed by atoms with E-state index in [9.17, 15) is 15.0 Å². The summed E-state index contributed by atoms with van der Waals surface area (Å²) in [5.74, 6) is 0.0797. The molecule has 3 atom stereocenters. The van der Waals surface area contributed by atoms with Crippen molar-refractivity contribution in [3.8, 4) is 0 Å². The third-order valence-electron chi connectivity index (χ3n) is 3.92. The summed E-state index contributed by atoms with van der Waals surface area (Å²) in [6, 6.07) is 10.3. The van der Waals surface area contributed by atoms with E-state index in [-0.39, 0.29) is 5.78 Å². The first-order valence-corrected chi connectivity index (χ1v) is 7.27. The molecule has 0 aliphatic heterocycles. The highest BCUT2D eigenvalue weighted by Gasteiger charge is 2.24.